The molecule has 0 amide bonds. The standard InChI is InChI=1S/C8H10BrNO/c1-5-2-7(9)3-6(4-11)8(5)10/h2-3,11H,4,10H2,1H3. The zero-order chi connectivity index (χ0) is 8.43. The van der Waals surface area contributed by atoms with Crippen molar-refractivity contribution < 1.29 is 5.11 Å². The van der Waals surface area contributed by atoms with Crippen LogP contribution in [0, 0.1) is 6.92 Å². The smallest absolute Gasteiger partial charge is 0.0702 e. The summed E-state index contributed by atoms with van der Waals surface area (Å²) in [5, 5.41) is 8.87. The highest BCUT2D eigenvalue weighted by Crippen LogP contribution is 2.22. The summed E-state index contributed by atoms with van der Waals surface area (Å²) in [4.78, 5) is 0. The number of halogens is 1. The van der Waals surface area contributed by atoms with Crippen LogP contribution in [-0.4, -0.2) is 5.11 Å². The summed E-state index contributed by atoms with van der Waals surface area (Å²) >= 11 is 3.32. The zero-order valence-electron chi connectivity index (χ0n) is 6.26. The average Bonchev–Trinajstić information content (AvgIpc) is 1.96. The number of aryl methyl sites for hydroxylation is 1. The Labute approximate surface area is 74.2 Å². The number of aliphatic hydroxyl groups excluding tert-OH is 1. The predicted octanol–water partition coefficient (Wildman–Crippen LogP) is 1.83. The first-order valence-electron chi connectivity index (χ1n) is 3.30. The van der Waals surface area contributed by atoms with Gasteiger partial charge in [0.05, 0.1) is 6.61 Å². The van der Waals surface area contributed by atoms with Crippen molar-refractivity contribution in [1.82, 2.24) is 0 Å². The topological polar surface area (TPSA) is 46.2 Å². The van der Waals surface area contributed by atoms with Crippen LogP contribution in [0.4, 0.5) is 5.69 Å². The fourth-order valence-corrected chi connectivity index (χ4v) is 1.57. The fourth-order valence-electron chi connectivity index (χ4n) is 0.955. The maximum Gasteiger partial charge on any atom is 0.0702 e. The van der Waals surface area contributed by atoms with Crippen molar-refractivity contribution in [2.75, 3.05) is 5.73 Å². The Morgan fingerprint density at radius 3 is 2.73 bits per heavy atom. The first kappa shape index (κ1) is 8.56. The van der Waals surface area contributed by atoms with Crippen molar-refractivity contribution >= 4 is 21.6 Å². The van der Waals surface area contributed by atoms with Gasteiger partial charge in [0.25, 0.3) is 0 Å². The minimum absolute atomic E-state index is 0.00782. The molecule has 3 N–H and O–H groups in total. The van der Waals surface area contributed by atoms with E-state index in [1.807, 2.05) is 19.1 Å². The molecule has 0 saturated carbocycles. The Balaban J connectivity index is 3.24. The van der Waals surface area contributed by atoms with Gasteiger partial charge in [0.15, 0.2) is 0 Å². The molecule has 0 aliphatic carbocycles. The highest BCUT2D eigenvalue weighted by atomic mass is 79.9. The first-order chi connectivity index (χ1) is 5.15. The van der Waals surface area contributed by atoms with Gasteiger partial charge in [-0.05, 0) is 24.6 Å². The van der Waals surface area contributed by atoms with E-state index >= 15 is 0 Å². The van der Waals surface area contributed by atoms with Crippen molar-refractivity contribution in [1.29, 1.82) is 0 Å². The summed E-state index contributed by atoms with van der Waals surface area (Å²) in [5.41, 5.74) is 8.12. The number of rotatable bonds is 1. The van der Waals surface area contributed by atoms with Gasteiger partial charge in [-0.3, -0.25) is 0 Å². The Hall–Kier alpha value is -0.540. The number of hydrogen-bond donors (Lipinski definition) is 2. The second-order valence-corrected chi connectivity index (χ2v) is 3.37. The summed E-state index contributed by atoms with van der Waals surface area (Å²) in [5.74, 6) is 0. The summed E-state index contributed by atoms with van der Waals surface area (Å²) in [6.45, 7) is 1.91. The van der Waals surface area contributed by atoms with Crippen LogP contribution in [0.15, 0.2) is 16.6 Å². The lowest BCUT2D eigenvalue weighted by Crippen LogP contribution is -1.96. The normalized spacial score (nSPS) is 10.1. The van der Waals surface area contributed by atoms with E-state index in [-0.39, 0.29) is 6.61 Å². The number of hydrogen-bond acceptors (Lipinski definition) is 2. The molecule has 0 saturated heterocycles. The lowest BCUT2D eigenvalue weighted by atomic mass is 10.1. The van der Waals surface area contributed by atoms with Gasteiger partial charge < -0.3 is 10.8 Å². The van der Waals surface area contributed by atoms with Crippen LogP contribution in [0.1, 0.15) is 11.1 Å². The van der Waals surface area contributed by atoms with Gasteiger partial charge in [-0.1, -0.05) is 15.9 Å². The molecule has 3 heteroatoms. The molecule has 0 radical (unpaired) electrons. The third-order valence-corrected chi connectivity index (χ3v) is 2.07. The largest absolute Gasteiger partial charge is 0.398 e. The summed E-state index contributed by atoms with van der Waals surface area (Å²) in [7, 11) is 0. The van der Waals surface area contributed by atoms with Crippen LogP contribution in [0.5, 0.6) is 0 Å². The molecule has 2 nitrogen and oxygen atoms in total. The fraction of sp³-hybridized carbons (Fsp3) is 0.250. The van der Waals surface area contributed by atoms with Gasteiger partial charge in [0.2, 0.25) is 0 Å². The molecule has 1 aromatic carbocycles. The van der Waals surface area contributed by atoms with Gasteiger partial charge in [0.1, 0.15) is 0 Å². The molecule has 0 atom stereocenters. The van der Waals surface area contributed by atoms with E-state index in [1.165, 1.54) is 0 Å². The van der Waals surface area contributed by atoms with Crippen LogP contribution in [0.25, 0.3) is 0 Å². The van der Waals surface area contributed by atoms with E-state index in [2.05, 4.69) is 15.9 Å². The summed E-state index contributed by atoms with van der Waals surface area (Å²) in [6, 6.07) is 3.75. The van der Waals surface area contributed by atoms with Gasteiger partial charge in [0, 0.05) is 15.7 Å². The van der Waals surface area contributed by atoms with Crippen LogP contribution in [0.3, 0.4) is 0 Å². The maximum absolute atomic E-state index is 8.87. The van der Waals surface area contributed by atoms with Crippen molar-refractivity contribution in [3.05, 3.63) is 27.7 Å². The lowest BCUT2D eigenvalue weighted by Gasteiger charge is -2.05. The number of nitrogen functional groups attached to an aromatic ring is 1. The molecule has 0 aliphatic rings. The minimum Gasteiger partial charge on any atom is -0.398 e. The predicted molar refractivity (Wildman–Crippen MR) is 49.2 cm³/mol. The minimum atomic E-state index is -0.00782. The van der Waals surface area contributed by atoms with Gasteiger partial charge in [-0.2, -0.15) is 0 Å². The van der Waals surface area contributed by atoms with Crippen molar-refractivity contribution in [3.63, 3.8) is 0 Å². The molecule has 1 aromatic rings. The molecule has 0 heterocycles. The third-order valence-electron chi connectivity index (χ3n) is 1.61. The van der Waals surface area contributed by atoms with E-state index in [1.54, 1.807) is 0 Å². The van der Waals surface area contributed by atoms with Crippen LogP contribution >= 0.6 is 15.9 Å². The molecule has 0 fully saturated rings. The molecule has 0 aliphatic heterocycles. The molecule has 0 bridgehead atoms. The van der Waals surface area contributed by atoms with Gasteiger partial charge in [-0.15, -0.1) is 0 Å². The molecule has 11 heavy (non-hydrogen) atoms. The molecule has 0 spiro atoms. The van der Waals surface area contributed by atoms with Crippen molar-refractivity contribution in [2.45, 2.75) is 13.5 Å². The molecular formula is C8H10BrNO. The molecule has 0 unspecified atom stereocenters. The van der Waals surface area contributed by atoms with Crippen LogP contribution in [-0.2, 0) is 6.61 Å². The monoisotopic (exact) mass is 215 g/mol. The number of benzene rings is 1. The van der Waals surface area contributed by atoms with E-state index < -0.39 is 0 Å². The maximum atomic E-state index is 8.87. The van der Waals surface area contributed by atoms with Crippen molar-refractivity contribution in [3.8, 4) is 0 Å². The molecular weight excluding hydrogens is 206 g/mol. The number of anilines is 1. The van der Waals surface area contributed by atoms with Crippen LogP contribution in [0.2, 0.25) is 0 Å². The number of nitrogens with two attached hydrogens (primary N) is 1. The Morgan fingerprint density at radius 2 is 2.18 bits per heavy atom. The Kier molecular flexibility index (Phi) is 2.52. The molecule has 0 aromatic heterocycles. The highest BCUT2D eigenvalue weighted by molar-refractivity contribution is 9.10. The van der Waals surface area contributed by atoms with E-state index in [9.17, 15) is 0 Å². The summed E-state index contributed by atoms with van der Waals surface area (Å²) in [6.07, 6.45) is 0. The third kappa shape index (κ3) is 1.73. The second-order valence-electron chi connectivity index (χ2n) is 2.45. The molecule has 60 valence electrons. The summed E-state index contributed by atoms with van der Waals surface area (Å²) < 4.78 is 0.952. The average molecular weight is 216 g/mol. The Bertz CT molecular complexity index is 273. The first-order valence-corrected chi connectivity index (χ1v) is 4.10. The van der Waals surface area contributed by atoms with Crippen LogP contribution < -0.4 is 5.73 Å². The van der Waals surface area contributed by atoms with E-state index in [0.717, 1.165) is 15.6 Å². The molecule has 1 rings (SSSR count). The quantitative estimate of drug-likeness (QED) is 0.703. The van der Waals surface area contributed by atoms with Crippen molar-refractivity contribution in [2.24, 2.45) is 0 Å². The lowest BCUT2D eigenvalue weighted by molar-refractivity contribution is 0.282. The van der Waals surface area contributed by atoms with E-state index in [0.29, 0.717) is 5.69 Å². The van der Waals surface area contributed by atoms with Gasteiger partial charge in [-0.25, -0.2) is 0 Å². The SMILES string of the molecule is Cc1cc(Br)cc(CO)c1N. The number of aliphatic hydroxyl groups is 1. The zero-order valence-corrected chi connectivity index (χ0v) is 7.85. The Morgan fingerprint density at radius 1 is 1.55 bits per heavy atom. The van der Waals surface area contributed by atoms with E-state index in [4.69, 9.17) is 10.8 Å². The highest BCUT2D eigenvalue weighted by Gasteiger charge is 2.01. The second kappa shape index (κ2) is 3.24. The van der Waals surface area contributed by atoms with Gasteiger partial charge >= 0.3 is 0 Å².